The second-order valence-electron chi connectivity index (χ2n) is 6.06. The Morgan fingerprint density at radius 1 is 1.31 bits per heavy atom. The molecule has 0 atom stereocenters. The van der Waals surface area contributed by atoms with Gasteiger partial charge in [0.25, 0.3) is 6.43 Å². The first-order valence-electron chi connectivity index (χ1n) is 7.95. The number of halogens is 3. The van der Waals surface area contributed by atoms with Crippen molar-refractivity contribution in [3.05, 3.63) is 51.8 Å². The van der Waals surface area contributed by atoms with Crippen LogP contribution in [0.1, 0.15) is 28.9 Å². The molecule has 5 nitrogen and oxygen atoms in total. The fourth-order valence-electron chi connectivity index (χ4n) is 2.87. The highest BCUT2D eigenvalue weighted by molar-refractivity contribution is 6.31. The van der Waals surface area contributed by atoms with Gasteiger partial charge in [-0.05, 0) is 44.5 Å². The van der Waals surface area contributed by atoms with Crippen LogP contribution in [-0.2, 0) is 11.3 Å². The Morgan fingerprint density at radius 2 is 2.04 bits per heavy atom. The second kappa shape index (κ2) is 6.99. The Morgan fingerprint density at radius 3 is 2.73 bits per heavy atom. The molecular formula is C18H17ClF2N4O. The van der Waals surface area contributed by atoms with E-state index in [0.29, 0.717) is 22.1 Å². The minimum absolute atomic E-state index is 0.123. The van der Waals surface area contributed by atoms with Gasteiger partial charge >= 0.3 is 0 Å². The van der Waals surface area contributed by atoms with Crippen LogP contribution in [-0.4, -0.2) is 20.7 Å². The molecule has 0 bridgehead atoms. The number of hydrogen-bond donors (Lipinski definition) is 1. The Hall–Kier alpha value is -2.54. The summed E-state index contributed by atoms with van der Waals surface area (Å²) >= 11 is 6.05. The average Bonchev–Trinajstić information content (AvgIpc) is 2.86. The fraction of sp³-hybridized carbons (Fsp3) is 0.278. The molecule has 3 rings (SSSR count). The molecule has 0 saturated carbocycles. The summed E-state index contributed by atoms with van der Waals surface area (Å²) in [4.78, 5) is 16.7. The predicted octanol–water partition coefficient (Wildman–Crippen LogP) is 4.59. The molecule has 0 unspecified atom stereocenters. The van der Waals surface area contributed by atoms with Crippen molar-refractivity contribution in [2.75, 3.05) is 5.32 Å². The molecule has 0 radical (unpaired) electrons. The molecule has 0 fully saturated rings. The maximum Gasteiger partial charge on any atom is 0.264 e. The van der Waals surface area contributed by atoms with Crippen LogP contribution in [0.2, 0.25) is 5.02 Å². The number of alkyl halides is 2. The molecule has 8 heteroatoms. The third-order valence-corrected chi connectivity index (χ3v) is 4.52. The third-order valence-electron chi connectivity index (χ3n) is 4.11. The summed E-state index contributed by atoms with van der Waals surface area (Å²) in [6, 6.07) is 6.55. The molecule has 1 amide bonds. The van der Waals surface area contributed by atoms with Gasteiger partial charge in [0, 0.05) is 22.0 Å². The number of pyridine rings is 1. The highest BCUT2D eigenvalue weighted by Gasteiger charge is 2.20. The van der Waals surface area contributed by atoms with E-state index in [-0.39, 0.29) is 29.0 Å². The van der Waals surface area contributed by atoms with E-state index in [4.69, 9.17) is 11.6 Å². The van der Waals surface area contributed by atoms with Crippen LogP contribution in [0.4, 0.5) is 14.5 Å². The zero-order valence-electron chi connectivity index (χ0n) is 14.5. The van der Waals surface area contributed by atoms with Gasteiger partial charge in [0.2, 0.25) is 5.91 Å². The highest BCUT2D eigenvalue weighted by Crippen LogP contribution is 2.30. The monoisotopic (exact) mass is 378 g/mol. The second-order valence-corrected chi connectivity index (χ2v) is 6.46. The molecule has 0 aliphatic carbocycles. The Bertz CT molecular complexity index is 1000. The average molecular weight is 379 g/mol. The molecule has 2 aromatic heterocycles. The molecule has 1 aromatic carbocycles. The van der Waals surface area contributed by atoms with Crippen LogP contribution in [0.25, 0.3) is 11.0 Å². The van der Waals surface area contributed by atoms with Crippen LogP contribution in [0, 0.1) is 20.8 Å². The van der Waals surface area contributed by atoms with Crippen molar-refractivity contribution in [3.8, 4) is 0 Å². The van der Waals surface area contributed by atoms with Gasteiger partial charge in [-0.1, -0.05) is 17.7 Å². The first kappa shape index (κ1) is 18.3. The van der Waals surface area contributed by atoms with Gasteiger partial charge in [0.1, 0.15) is 6.54 Å². The zero-order valence-corrected chi connectivity index (χ0v) is 15.2. The van der Waals surface area contributed by atoms with E-state index < -0.39 is 6.43 Å². The molecular weight excluding hydrogens is 362 g/mol. The SMILES string of the molecule is Cc1cc(C(F)F)c2c(C)nn(CC(=O)Nc3cccc(Cl)c3C)c2n1. The van der Waals surface area contributed by atoms with Crippen molar-refractivity contribution < 1.29 is 13.6 Å². The number of nitrogens with one attached hydrogen (secondary N) is 1. The fourth-order valence-corrected chi connectivity index (χ4v) is 3.04. The molecule has 2 heterocycles. The lowest BCUT2D eigenvalue weighted by molar-refractivity contribution is -0.116. The normalized spacial score (nSPS) is 11.3. The lowest BCUT2D eigenvalue weighted by Crippen LogP contribution is -2.20. The molecule has 136 valence electrons. The number of carbonyl (C=O) groups is 1. The number of aryl methyl sites for hydroxylation is 2. The molecule has 3 aromatic rings. The van der Waals surface area contributed by atoms with Crippen molar-refractivity contribution >= 4 is 34.2 Å². The summed E-state index contributed by atoms with van der Waals surface area (Å²) in [5.74, 6) is -0.346. The van der Waals surface area contributed by atoms with Gasteiger partial charge in [-0.2, -0.15) is 5.10 Å². The van der Waals surface area contributed by atoms with Gasteiger partial charge in [-0.3, -0.25) is 4.79 Å². The number of nitrogens with zero attached hydrogens (tertiary/aromatic N) is 3. The van der Waals surface area contributed by atoms with Crippen molar-refractivity contribution in [2.45, 2.75) is 33.7 Å². The lowest BCUT2D eigenvalue weighted by Gasteiger charge is -2.10. The third kappa shape index (κ3) is 3.39. The Balaban J connectivity index is 1.94. The topological polar surface area (TPSA) is 59.8 Å². The summed E-state index contributed by atoms with van der Waals surface area (Å²) < 4.78 is 28.0. The lowest BCUT2D eigenvalue weighted by atomic mass is 10.1. The van der Waals surface area contributed by atoms with Crippen LogP contribution < -0.4 is 5.32 Å². The molecule has 26 heavy (non-hydrogen) atoms. The van der Waals surface area contributed by atoms with Crippen molar-refractivity contribution in [1.82, 2.24) is 14.8 Å². The van der Waals surface area contributed by atoms with Gasteiger partial charge in [-0.25, -0.2) is 18.4 Å². The number of anilines is 1. The minimum Gasteiger partial charge on any atom is -0.324 e. The number of carbonyl (C=O) groups excluding carboxylic acids is 1. The largest absolute Gasteiger partial charge is 0.324 e. The molecule has 0 aliphatic rings. The summed E-state index contributed by atoms with van der Waals surface area (Å²) in [5, 5.41) is 7.83. The zero-order chi connectivity index (χ0) is 19.0. The van der Waals surface area contributed by atoms with Gasteiger partial charge in [0.15, 0.2) is 5.65 Å². The van der Waals surface area contributed by atoms with Crippen LogP contribution >= 0.6 is 11.6 Å². The van der Waals surface area contributed by atoms with Crippen molar-refractivity contribution in [1.29, 1.82) is 0 Å². The Labute approximate surface area is 154 Å². The standard InChI is InChI=1S/C18H17ClF2N4O/c1-9-7-12(17(20)21)16-11(3)24-25(18(16)22-9)8-15(26)23-14-6-4-5-13(19)10(14)2/h4-7,17H,8H2,1-3H3,(H,23,26). The molecule has 0 aliphatic heterocycles. The minimum atomic E-state index is -2.64. The summed E-state index contributed by atoms with van der Waals surface area (Å²) in [6.45, 7) is 4.91. The van der Waals surface area contributed by atoms with Crippen molar-refractivity contribution in [3.63, 3.8) is 0 Å². The molecule has 0 saturated heterocycles. The van der Waals surface area contributed by atoms with Crippen LogP contribution in [0.5, 0.6) is 0 Å². The molecule has 1 N–H and O–H groups in total. The van der Waals surface area contributed by atoms with E-state index in [1.54, 1.807) is 39.0 Å². The Kier molecular flexibility index (Phi) is 4.91. The maximum absolute atomic E-state index is 13.3. The van der Waals surface area contributed by atoms with E-state index in [0.717, 1.165) is 5.56 Å². The smallest absolute Gasteiger partial charge is 0.264 e. The van der Waals surface area contributed by atoms with Crippen molar-refractivity contribution in [2.24, 2.45) is 0 Å². The number of hydrogen-bond acceptors (Lipinski definition) is 3. The van der Waals surface area contributed by atoms with Gasteiger partial charge in [0.05, 0.1) is 11.1 Å². The van der Waals surface area contributed by atoms with Gasteiger partial charge in [-0.15, -0.1) is 0 Å². The van der Waals surface area contributed by atoms with E-state index in [9.17, 15) is 13.6 Å². The first-order valence-corrected chi connectivity index (χ1v) is 8.33. The highest BCUT2D eigenvalue weighted by atomic mass is 35.5. The predicted molar refractivity (Wildman–Crippen MR) is 96.8 cm³/mol. The quantitative estimate of drug-likeness (QED) is 0.722. The van der Waals surface area contributed by atoms with E-state index >= 15 is 0 Å². The summed E-state index contributed by atoms with van der Waals surface area (Å²) in [6.07, 6.45) is -2.64. The van der Waals surface area contributed by atoms with E-state index in [1.165, 1.54) is 10.7 Å². The number of benzene rings is 1. The molecule has 0 spiro atoms. The van der Waals surface area contributed by atoms with Crippen LogP contribution in [0.3, 0.4) is 0 Å². The number of fused-ring (bicyclic) bond motifs is 1. The summed E-state index contributed by atoms with van der Waals surface area (Å²) in [7, 11) is 0. The van der Waals surface area contributed by atoms with Crippen LogP contribution in [0.15, 0.2) is 24.3 Å². The maximum atomic E-state index is 13.3. The summed E-state index contributed by atoms with van der Waals surface area (Å²) in [5.41, 5.74) is 2.35. The van der Waals surface area contributed by atoms with E-state index in [1.807, 2.05) is 0 Å². The van der Waals surface area contributed by atoms with Gasteiger partial charge < -0.3 is 5.32 Å². The van der Waals surface area contributed by atoms with E-state index in [2.05, 4.69) is 15.4 Å². The number of aromatic nitrogens is 3. The number of rotatable bonds is 4. The number of amides is 1. The first-order chi connectivity index (χ1) is 12.3.